The molecule has 0 atom stereocenters. The Morgan fingerprint density at radius 3 is 2.69 bits per heavy atom. The summed E-state index contributed by atoms with van der Waals surface area (Å²) in [7, 11) is 0. The molecule has 1 aromatic heterocycles. The van der Waals surface area contributed by atoms with E-state index in [4.69, 9.17) is 16.3 Å². The summed E-state index contributed by atoms with van der Waals surface area (Å²) in [5.74, 6) is -0.160. The van der Waals surface area contributed by atoms with E-state index in [1.165, 1.54) is 0 Å². The van der Waals surface area contributed by atoms with Crippen LogP contribution in [0.4, 0.5) is 4.39 Å². The van der Waals surface area contributed by atoms with Crippen LogP contribution in [0, 0.1) is 12.7 Å². The van der Waals surface area contributed by atoms with Crippen LogP contribution in [0.5, 0.6) is 0 Å². The van der Waals surface area contributed by atoms with Crippen LogP contribution in [0.25, 0.3) is 0 Å². The fourth-order valence-corrected chi connectivity index (χ4v) is 1.07. The third-order valence-corrected chi connectivity index (χ3v) is 1.71. The Balaban J connectivity index is 2.86. The van der Waals surface area contributed by atoms with Gasteiger partial charge in [-0.1, -0.05) is 11.6 Å². The molecule has 0 saturated heterocycles. The van der Waals surface area contributed by atoms with Crippen molar-refractivity contribution >= 4 is 11.6 Å². The van der Waals surface area contributed by atoms with Gasteiger partial charge < -0.3 is 4.74 Å². The van der Waals surface area contributed by atoms with E-state index in [2.05, 4.69) is 9.97 Å². The molecular formula is C8H10ClFN2O. The molecule has 0 fully saturated rings. The molecule has 0 aromatic carbocycles. The molecule has 5 heteroatoms. The maximum atomic E-state index is 12.9. The monoisotopic (exact) mass is 204 g/mol. The number of aryl methyl sites for hydroxylation is 1. The maximum Gasteiger partial charge on any atom is 0.181 e. The Labute approximate surface area is 80.9 Å². The van der Waals surface area contributed by atoms with Gasteiger partial charge in [-0.2, -0.15) is 0 Å². The standard InChI is InChI=1S/C8H10ClFN2O/c1-3-13-4-6-11-5(2)7(10)8(9)12-6/h3-4H2,1-2H3. The zero-order valence-corrected chi connectivity index (χ0v) is 8.23. The molecule has 0 aliphatic carbocycles. The Morgan fingerprint density at radius 2 is 2.15 bits per heavy atom. The fourth-order valence-electron chi connectivity index (χ4n) is 0.837. The molecule has 0 N–H and O–H groups in total. The van der Waals surface area contributed by atoms with Crippen LogP contribution in [-0.4, -0.2) is 16.6 Å². The van der Waals surface area contributed by atoms with E-state index in [0.717, 1.165) is 0 Å². The minimum atomic E-state index is -0.568. The highest BCUT2D eigenvalue weighted by Gasteiger charge is 2.08. The van der Waals surface area contributed by atoms with Gasteiger partial charge in [-0.3, -0.25) is 0 Å². The van der Waals surface area contributed by atoms with Crippen LogP contribution in [0.3, 0.4) is 0 Å². The van der Waals surface area contributed by atoms with Crippen molar-refractivity contribution in [1.29, 1.82) is 0 Å². The summed E-state index contributed by atoms with van der Waals surface area (Å²) in [6, 6.07) is 0. The summed E-state index contributed by atoms with van der Waals surface area (Å²) in [5, 5.41) is -0.151. The number of ether oxygens (including phenoxy) is 1. The van der Waals surface area contributed by atoms with E-state index < -0.39 is 5.82 Å². The van der Waals surface area contributed by atoms with E-state index >= 15 is 0 Å². The zero-order valence-electron chi connectivity index (χ0n) is 7.47. The van der Waals surface area contributed by atoms with Gasteiger partial charge in [0.05, 0.1) is 5.69 Å². The van der Waals surface area contributed by atoms with Crippen LogP contribution in [0.15, 0.2) is 0 Å². The molecule has 0 bridgehead atoms. The first-order chi connectivity index (χ1) is 6.15. The smallest absolute Gasteiger partial charge is 0.181 e. The number of hydrogen-bond donors (Lipinski definition) is 0. The molecule has 0 saturated carbocycles. The second-order valence-electron chi connectivity index (χ2n) is 2.47. The number of nitrogens with zero attached hydrogens (tertiary/aromatic N) is 2. The maximum absolute atomic E-state index is 12.9. The van der Waals surface area contributed by atoms with Crippen molar-refractivity contribution in [3.05, 3.63) is 22.5 Å². The molecule has 0 radical (unpaired) electrons. The van der Waals surface area contributed by atoms with Crippen LogP contribution < -0.4 is 0 Å². The molecule has 1 heterocycles. The predicted octanol–water partition coefficient (Wildman–Crippen LogP) is 2.11. The van der Waals surface area contributed by atoms with Gasteiger partial charge in [0.2, 0.25) is 0 Å². The third kappa shape index (κ3) is 2.60. The SMILES string of the molecule is CCOCc1nc(C)c(F)c(Cl)n1. The van der Waals surface area contributed by atoms with E-state index in [-0.39, 0.29) is 17.5 Å². The average Bonchev–Trinajstić information content (AvgIpc) is 2.10. The van der Waals surface area contributed by atoms with Crippen molar-refractivity contribution in [2.45, 2.75) is 20.5 Å². The number of halogens is 2. The lowest BCUT2D eigenvalue weighted by Gasteiger charge is -2.03. The molecule has 0 unspecified atom stereocenters. The molecule has 0 aliphatic rings. The first-order valence-corrected chi connectivity index (χ1v) is 4.29. The summed E-state index contributed by atoms with van der Waals surface area (Å²) in [5.41, 5.74) is 0.245. The predicted molar refractivity (Wildman–Crippen MR) is 47.1 cm³/mol. The van der Waals surface area contributed by atoms with Crippen molar-refractivity contribution in [3.8, 4) is 0 Å². The topological polar surface area (TPSA) is 35.0 Å². The molecule has 0 amide bonds. The third-order valence-electron chi connectivity index (χ3n) is 1.46. The average molecular weight is 205 g/mol. The van der Waals surface area contributed by atoms with Crippen LogP contribution in [0.2, 0.25) is 5.15 Å². The summed E-state index contributed by atoms with van der Waals surface area (Å²) < 4.78 is 18.0. The zero-order chi connectivity index (χ0) is 9.84. The Kier molecular flexibility index (Phi) is 3.57. The first kappa shape index (κ1) is 10.3. The molecule has 0 spiro atoms. The second kappa shape index (κ2) is 4.48. The fraction of sp³-hybridized carbons (Fsp3) is 0.500. The largest absolute Gasteiger partial charge is 0.374 e. The van der Waals surface area contributed by atoms with E-state index in [1.54, 1.807) is 6.92 Å². The number of rotatable bonds is 3. The second-order valence-corrected chi connectivity index (χ2v) is 2.83. The molecule has 1 aromatic rings. The van der Waals surface area contributed by atoms with Gasteiger partial charge in [-0.25, -0.2) is 14.4 Å². The van der Waals surface area contributed by atoms with Gasteiger partial charge in [0.15, 0.2) is 16.8 Å². The summed E-state index contributed by atoms with van der Waals surface area (Å²) in [6.07, 6.45) is 0. The van der Waals surface area contributed by atoms with Gasteiger partial charge in [0.1, 0.15) is 6.61 Å². The van der Waals surface area contributed by atoms with Crippen LogP contribution >= 0.6 is 11.6 Å². The normalized spacial score (nSPS) is 10.5. The van der Waals surface area contributed by atoms with Gasteiger partial charge in [0, 0.05) is 6.61 Å². The van der Waals surface area contributed by atoms with Crippen molar-refractivity contribution in [2.75, 3.05) is 6.61 Å². The Morgan fingerprint density at radius 1 is 1.46 bits per heavy atom. The summed E-state index contributed by atoms with van der Waals surface area (Å²) in [4.78, 5) is 7.60. The van der Waals surface area contributed by atoms with Gasteiger partial charge in [-0.05, 0) is 13.8 Å². The lowest BCUT2D eigenvalue weighted by atomic mass is 10.4. The first-order valence-electron chi connectivity index (χ1n) is 3.91. The highest BCUT2D eigenvalue weighted by molar-refractivity contribution is 6.29. The van der Waals surface area contributed by atoms with Crippen molar-refractivity contribution < 1.29 is 9.13 Å². The molecular weight excluding hydrogens is 195 g/mol. The minimum Gasteiger partial charge on any atom is -0.374 e. The van der Waals surface area contributed by atoms with Crippen LogP contribution in [-0.2, 0) is 11.3 Å². The van der Waals surface area contributed by atoms with E-state index in [9.17, 15) is 4.39 Å². The van der Waals surface area contributed by atoms with Crippen molar-refractivity contribution in [1.82, 2.24) is 9.97 Å². The molecule has 0 aliphatic heterocycles. The van der Waals surface area contributed by atoms with Gasteiger partial charge in [-0.15, -0.1) is 0 Å². The lowest BCUT2D eigenvalue weighted by molar-refractivity contribution is 0.128. The van der Waals surface area contributed by atoms with Crippen molar-refractivity contribution in [2.24, 2.45) is 0 Å². The van der Waals surface area contributed by atoms with E-state index in [0.29, 0.717) is 12.4 Å². The molecule has 1 rings (SSSR count). The Hall–Kier alpha value is -0.740. The molecule has 13 heavy (non-hydrogen) atoms. The summed E-state index contributed by atoms with van der Waals surface area (Å²) in [6.45, 7) is 4.23. The quantitative estimate of drug-likeness (QED) is 0.708. The number of aromatic nitrogens is 2. The van der Waals surface area contributed by atoms with Gasteiger partial charge in [0.25, 0.3) is 0 Å². The van der Waals surface area contributed by atoms with Gasteiger partial charge >= 0.3 is 0 Å². The number of hydrogen-bond acceptors (Lipinski definition) is 3. The minimum absolute atomic E-state index is 0.151. The highest BCUT2D eigenvalue weighted by atomic mass is 35.5. The van der Waals surface area contributed by atoms with E-state index in [1.807, 2.05) is 6.92 Å². The highest BCUT2D eigenvalue weighted by Crippen LogP contribution is 2.13. The Bertz CT molecular complexity index is 283. The molecule has 72 valence electrons. The van der Waals surface area contributed by atoms with Crippen molar-refractivity contribution in [3.63, 3.8) is 0 Å². The van der Waals surface area contributed by atoms with Crippen LogP contribution in [0.1, 0.15) is 18.4 Å². The summed E-state index contributed by atoms with van der Waals surface area (Å²) >= 11 is 5.52. The molecule has 3 nitrogen and oxygen atoms in total. The lowest BCUT2D eigenvalue weighted by Crippen LogP contribution is -2.03.